The first-order valence-corrected chi connectivity index (χ1v) is 12.0. The van der Waals surface area contributed by atoms with E-state index < -0.39 is 0 Å². The predicted octanol–water partition coefficient (Wildman–Crippen LogP) is 6.77. The van der Waals surface area contributed by atoms with Gasteiger partial charge in [-0.25, -0.2) is 9.37 Å². The zero-order valence-electron chi connectivity index (χ0n) is 20.1. The summed E-state index contributed by atoms with van der Waals surface area (Å²) in [6.45, 7) is 0. The highest BCUT2D eigenvalue weighted by molar-refractivity contribution is 9.10. The van der Waals surface area contributed by atoms with E-state index in [1.807, 2.05) is 48.5 Å². The number of ketones is 1. The van der Waals surface area contributed by atoms with Crippen LogP contribution in [0.5, 0.6) is 11.5 Å². The monoisotopic (exact) mass is 559 g/mol. The molecule has 0 aliphatic rings. The largest absolute Gasteiger partial charge is 0.497 e. The van der Waals surface area contributed by atoms with Crippen LogP contribution < -0.4 is 9.47 Å². The lowest BCUT2D eigenvalue weighted by Gasteiger charge is -2.07. The summed E-state index contributed by atoms with van der Waals surface area (Å²) in [5.41, 5.74) is 2.76. The molecule has 0 saturated carbocycles. The third kappa shape index (κ3) is 6.48. The van der Waals surface area contributed by atoms with E-state index in [0.29, 0.717) is 28.1 Å². The topological polar surface area (TPSA) is 66.2 Å². The van der Waals surface area contributed by atoms with Crippen LogP contribution in [0.1, 0.15) is 16.1 Å². The Morgan fingerprint density at radius 1 is 0.919 bits per heavy atom. The van der Waals surface area contributed by atoms with Crippen molar-refractivity contribution < 1.29 is 18.7 Å². The maximum atomic E-state index is 14.0. The number of imidazole rings is 1. The number of carbonyl (C=O) groups excluding carboxylic acids is 1. The number of nitrogens with zero attached hydrogens (tertiary/aromatic N) is 3. The molecule has 0 aliphatic heterocycles. The van der Waals surface area contributed by atoms with Gasteiger partial charge in [0.1, 0.15) is 29.3 Å². The number of hydrogen-bond donors (Lipinski definition) is 0. The molecule has 2 heterocycles. The SMILES string of the molecule is COc1ccc(Br)cc1.COc1cccc(C(=O)c2cn(-c3cccc(-c4ccncc4F)c3)cn2)c1. The van der Waals surface area contributed by atoms with Gasteiger partial charge >= 0.3 is 0 Å². The zero-order valence-corrected chi connectivity index (χ0v) is 21.7. The minimum atomic E-state index is -0.390. The number of halogens is 2. The summed E-state index contributed by atoms with van der Waals surface area (Å²) in [4.78, 5) is 20.7. The normalized spacial score (nSPS) is 10.3. The van der Waals surface area contributed by atoms with Crippen molar-refractivity contribution in [1.29, 1.82) is 0 Å². The molecule has 5 rings (SSSR count). The summed E-state index contributed by atoms with van der Waals surface area (Å²) in [6.07, 6.45) is 5.95. The Balaban J connectivity index is 0.000000301. The molecule has 0 spiro atoms. The average molecular weight is 560 g/mol. The first-order chi connectivity index (χ1) is 18.0. The van der Waals surface area contributed by atoms with Gasteiger partial charge in [-0.1, -0.05) is 40.2 Å². The second-order valence-corrected chi connectivity index (χ2v) is 8.71. The van der Waals surface area contributed by atoms with Crippen molar-refractivity contribution in [1.82, 2.24) is 14.5 Å². The van der Waals surface area contributed by atoms with Gasteiger partial charge in [0.05, 0.1) is 20.4 Å². The smallest absolute Gasteiger partial charge is 0.213 e. The predicted molar refractivity (Wildman–Crippen MR) is 144 cm³/mol. The molecule has 0 fully saturated rings. The van der Waals surface area contributed by atoms with E-state index in [9.17, 15) is 9.18 Å². The second kappa shape index (κ2) is 12.1. The zero-order chi connectivity index (χ0) is 26.2. The van der Waals surface area contributed by atoms with E-state index in [1.165, 1.54) is 6.20 Å². The maximum absolute atomic E-state index is 14.0. The first-order valence-electron chi connectivity index (χ1n) is 11.2. The summed E-state index contributed by atoms with van der Waals surface area (Å²) in [7, 11) is 3.21. The fraction of sp³-hybridized carbons (Fsp3) is 0.0690. The van der Waals surface area contributed by atoms with Crippen molar-refractivity contribution in [2.75, 3.05) is 14.2 Å². The van der Waals surface area contributed by atoms with E-state index in [4.69, 9.17) is 9.47 Å². The molecule has 2 aromatic heterocycles. The first kappa shape index (κ1) is 25.8. The molecule has 0 amide bonds. The van der Waals surface area contributed by atoms with Gasteiger partial charge in [0.25, 0.3) is 0 Å². The molecule has 0 atom stereocenters. The molecule has 0 N–H and O–H groups in total. The van der Waals surface area contributed by atoms with E-state index in [0.717, 1.165) is 15.9 Å². The molecule has 3 aromatic carbocycles. The number of aromatic nitrogens is 3. The number of benzene rings is 3. The quantitative estimate of drug-likeness (QED) is 0.215. The summed E-state index contributed by atoms with van der Waals surface area (Å²) in [5, 5.41) is 0. The molecule has 8 heteroatoms. The van der Waals surface area contributed by atoms with Gasteiger partial charge in [0, 0.05) is 33.7 Å². The molecule has 5 aromatic rings. The Hall–Kier alpha value is -4.30. The van der Waals surface area contributed by atoms with Gasteiger partial charge in [-0.05, 0) is 60.2 Å². The molecule has 6 nitrogen and oxygen atoms in total. The highest BCUT2D eigenvalue weighted by Gasteiger charge is 2.14. The number of pyridine rings is 1. The van der Waals surface area contributed by atoms with Crippen LogP contribution in [-0.2, 0) is 0 Å². The van der Waals surface area contributed by atoms with Crippen molar-refractivity contribution in [2.45, 2.75) is 0 Å². The third-order valence-electron chi connectivity index (χ3n) is 5.42. The van der Waals surface area contributed by atoms with E-state index in [2.05, 4.69) is 25.9 Å². The maximum Gasteiger partial charge on any atom is 0.213 e. The van der Waals surface area contributed by atoms with Gasteiger partial charge < -0.3 is 14.0 Å². The fourth-order valence-corrected chi connectivity index (χ4v) is 3.77. The average Bonchev–Trinajstić information content (AvgIpc) is 3.44. The van der Waals surface area contributed by atoms with Crippen molar-refractivity contribution >= 4 is 21.7 Å². The van der Waals surface area contributed by atoms with Gasteiger partial charge in [-0.2, -0.15) is 0 Å². The Kier molecular flexibility index (Phi) is 8.43. The molecule has 186 valence electrons. The van der Waals surface area contributed by atoms with Crippen LogP contribution in [0, 0.1) is 5.82 Å². The van der Waals surface area contributed by atoms with Crippen LogP contribution in [-0.4, -0.2) is 34.5 Å². The number of methoxy groups -OCH3 is 2. The van der Waals surface area contributed by atoms with Gasteiger partial charge in [-0.15, -0.1) is 0 Å². The van der Waals surface area contributed by atoms with E-state index >= 15 is 0 Å². The van der Waals surface area contributed by atoms with E-state index in [-0.39, 0.29) is 11.6 Å². The van der Waals surface area contributed by atoms with E-state index in [1.54, 1.807) is 67.8 Å². The number of ether oxygens (including phenoxy) is 2. The molecular formula is C29H23BrFN3O3. The molecule has 0 radical (unpaired) electrons. The summed E-state index contributed by atoms with van der Waals surface area (Å²) in [6, 6.07) is 23.6. The van der Waals surface area contributed by atoms with Crippen molar-refractivity contribution in [3.8, 4) is 28.3 Å². The second-order valence-electron chi connectivity index (χ2n) is 7.79. The fourth-order valence-electron chi connectivity index (χ4n) is 3.51. The third-order valence-corrected chi connectivity index (χ3v) is 5.95. The lowest BCUT2D eigenvalue weighted by Crippen LogP contribution is -2.02. The Morgan fingerprint density at radius 2 is 1.68 bits per heavy atom. The number of hydrogen-bond acceptors (Lipinski definition) is 5. The minimum Gasteiger partial charge on any atom is -0.497 e. The highest BCUT2D eigenvalue weighted by Crippen LogP contribution is 2.24. The lowest BCUT2D eigenvalue weighted by molar-refractivity contribution is 0.103. The lowest BCUT2D eigenvalue weighted by atomic mass is 10.1. The number of rotatable bonds is 6. The van der Waals surface area contributed by atoms with Gasteiger partial charge in [0.2, 0.25) is 5.78 Å². The molecule has 0 unspecified atom stereocenters. The minimum absolute atomic E-state index is 0.200. The van der Waals surface area contributed by atoms with Gasteiger partial charge in [-0.3, -0.25) is 9.78 Å². The van der Waals surface area contributed by atoms with Crippen LogP contribution in [0.15, 0.2) is 108 Å². The Labute approximate surface area is 222 Å². The van der Waals surface area contributed by atoms with Crippen molar-refractivity contribution in [3.05, 3.63) is 125 Å². The van der Waals surface area contributed by atoms with Crippen LogP contribution in [0.3, 0.4) is 0 Å². The van der Waals surface area contributed by atoms with Crippen LogP contribution >= 0.6 is 15.9 Å². The molecular weight excluding hydrogens is 537 g/mol. The molecule has 37 heavy (non-hydrogen) atoms. The molecule has 0 saturated heterocycles. The Bertz CT molecular complexity index is 1500. The molecule has 0 aliphatic carbocycles. The summed E-state index contributed by atoms with van der Waals surface area (Å²) < 4.78 is 27.0. The van der Waals surface area contributed by atoms with Crippen LogP contribution in [0.4, 0.5) is 4.39 Å². The van der Waals surface area contributed by atoms with Crippen molar-refractivity contribution in [2.24, 2.45) is 0 Å². The summed E-state index contributed by atoms with van der Waals surface area (Å²) in [5.74, 6) is 0.906. The highest BCUT2D eigenvalue weighted by atomic mass is 79.9. The molecule has 0 bridgehead atoms. The van der Waals surface area contributed by atoms with Crippen LogP contribution in [0.2, 0.25) is 0 Å². The Morgan fingerprint density at radius 3 is 2.41 bits per heavy atom. The standard InChI is InChI=1S/C22H16FN3O2.C7H7BrO/c1-28-18-7-3-5-16(11-18)22(27)21-13-26(14-25-21)17-6-2-4-15(10-17)19-8-9-24-12-20(19)23;1-9-7-4-2-6(8)3-5-7/h2-14H,1H3;2-5H,1H3. The van der Waals surface area contributed by atoms with Gasteiger partial charge in [0.15, 0.2) is 0 Å². The number of carbonyl (C=O) groups is 1. The van der Waals surface area contributed by atoms with Crippen molar-refractivity contribution in [3.63, 3.8) is 0 Å². The van der Waals surface area contributed by atoms with Crippen LogP contribution in [0.25, 0.3) is 16.8 Å². The summed E-state index contributed by atoms with van der Waals surface area (Å²) >= 11 is 3.32.